The summed E-state index contributed by atoms with van der Waals surface area (Å²) in [6.07, 6.45) is 3.97. The van der Waals surface area contributed by atoms with Crippen LogP contribution in [-0.2, 0) is 4.79 Å². The maximum absolute atomic E-state index is 10.2. The molecule has 0 aromatic heterocycles. The summed E-state index contributed by atoms with van der Waals surface area (Å²) in [6, 6.07) is 0. The Morgan fingerprint density at radius 3 is 2.75 bits per heavy atom. The molecule has 0 aliphatic heterocycles. The molecule has 0 saturated carbocycles. The Morgan fingerprint density at radius 2 is 2.38 bits per heavy atom. The van der Waals surface area contributed by atoms with Crippen molar-refractivity contribution in [3.63, 3.8) is 0 Å². The van der Waals surface area contributed by atoms with E-state index < -0.39 is 0 Å². The molecule has 0 aromatic rings. The molecule has 8 heavy (non-hydrogen) atoms. The van der Waals surface area contributed by atoms with Crippen LogP contribution >= 0.6 is 12.2 Å². The number of carbonyl (C=O) groups excluding carboxylic acids is 1. The molecule has 0 aromatic carbocycles. The summed E-state index contributed by atoms with van der Waals surface area (Å²) in [5.74, 6) is 0.0712. The highest BCUT2D eigenvalue weighted by molar-refractivity contribution is 7.78. The average molecular weight is 128 g/mol. The Morgan fingerprint density at radius 1 is 1.75 bits per heavy atom. The topological polar surface area (TPSA) is 17.1 Å². The second-order valence-electron chi connectivity index (χ2n) is 1.42. The predicted octanol–water partition coefficient (Wildman–Crippen LogP) is 1.52. The molecule has 0 aliphatic carbocycles. The van der Waals surface area contributed by atoms with Crippen LogP contribution in [-0.4, -0.2) is 11.2 Å². The number of thiocarbonyl (C=S) groups is 1. The molecule has 0 aliphatic rings. The smallest absolute Gasteiger partial charge is 0.152 e. The molecule has 0 bridgehead atoms. The highest BCUT2D eigenvalue weighted by Crippen LogP contribution is 1.78. The monoisotopic (exact) mass is 128 g/mol. The number of hydrogen-bond acceptors (Lipinski definition) is 2. The first kappa shape index (κ1) is 7.50. The minimum atomic E-state index is 0.0712. The predicted molar refractivity (Wildman–Crippen MR) is 38.1 cm³/mol. The van der Waals surface area contributed by atoms with Crippen LogP contribution < -0.4 is 0 Å². The molecular formula is C6H8OS. The van der Waals surface area contributed by atoms with Crippen molar-refractivity contribution in [3.05, 3.63) is 12.2 Å². The van der Waals surface area contributed by atoms with Gasteiger partial charge in [-0.1, -0.05) is 18.3 Å². The number of rotatable bonds is 3. The van der Waals surface area contributed by atoms with E-state index in [1.807, 2.05) is 0 Å². The van der Waals surface area contributed by atoms with Gasteiger partial charge in [0.2, 0.25) is 0 Å². The van der Waals surface area contributed by atoms with Crippen LogP contribution in [0.3, 0.4) is 0 Å². The van der Waals surface area contributed by atoms with Crippen molar-refractivity contribution in [2.75, 3.05) is 0 Å². The van der Waals surface area contributed by atoms with Crippen LogP contribution in [0.2, 0.25) is 0 Å². The molecule has 0 spiro atoms. The quantitative estimate of drug-likeness (QED) is 0.423. The second-order valence-corrected chi connectivity index (χ2v) is 1.75. The summed E-state index contributed by atoms with van der Waals surface area (Å²) >= 11 is 4.52. The first-order valence-electron chi connectivity index (χ1n) is 2.38. The van der Waals surface area contributed by atoms with Gasteiger partial charge >= 0.3 is 0 Å². The first-order valence-corrected chi connectivity index (χ1v) is 2.85. The summed E-state index contributed by atoms with van der Waals surface area (Å²) in [5, 5.41) is 1.58. The standard InChI is InChI=1S/C6H8OS/c1-6(7)4-2-3-5-8/h2,4-5H,3H2,1H3. The van der Waals surface area contributed by atoms with E-state index in [-0.39, 0.29) is 5.78 Å². The average Bonchev–Trinajstić information content (AvgIpc) is 1.66. The number of ketones is 1. The lowest BCUT2D eigenvalue weighted by atomic mass is 10.3. The molecule has 0 rings (SSSR count). The molecule has 0 radical (unpaired) electrons. The van der Waals surface area contributed by atoms with Gasteiger partial charge in [-0.05, 0) is 24.8 Å². The van der Waals surface area contributed by atoms with Crippen LogP contribution in [0.4, 0.5) is 0 Å². The van der Waals surface area contributed by atoms with Crippen molar-refractivity contribution in [2.45, 2.75) is 13.3 Å². The largest absolute Gasteiger partial charge is 0.295 e. The van der Waals surface area contributed by atoms with E-state index in [1.54, 1.807) is 11.4 Å². The lowest BCUT2D eigenvalue weighted by Gasteiger charge is -1.75. The number of hydrogen-bond donors (Lipinski definition) is 0. The lowest BCUT2D eigenvalue weighted by Crippen LogP contribution is -1.78. The maximum Gasteiger partial charge on any atom is 0.152 e. The van der Waals surface area contributed by atoms with Crippen LogP contribution in [0, 0.1) is 0 Å². The zero-order chi connectivity index (χ0) is 6.41. The van der Waals surface area contributed by atoms with Crippen LogP contribution in [0.5, 0.6) is 0 Å². The first-order chi connectivity index (χ1) is 3.77. The maximum atomic E-state index is 10.2. The Balaban J connectivity index is 3.34. The molecule has 0 amide bonds. The van der Waals surface area contributed by atoms with Crippen molar-refractivity contribution in [3.8, 4) is 0 Å². The molecule has 1 nitrogen and oxygen atoms in total. The summed E-state index contributed by atoms with van der Waals surface area (Å²) < 4.78 is 0. The minimum Gasteiger partial charge on any atom is -0.295 e. The van der Waals surface area contributed by atoms with Crippen molar-refractivity contribution >= 4 is 23.4 Å². The van der Waals surface area contributed by atoms with Gasteiger partial charge in [-0.3, -0.25) is 4.79 Å². The van der Waals surface area contributed by atoms with Gasteiger partial charge in [0.1, 0.15) is 0 Å². The van der Waals surface area contributed by atoms with Crippen molar-refractivity contribution in [1.82, 2.24) is 0 Å². The number of carbonyl (C=O) groups is 1. The van der Waals surface area contributed by atoms with E-state index in [1.165, 1.54) is 13.0 Å². The molecule has 0 unspecified atom stereocenters. The van der Waals surface area contributed by atoms with Gasteiger partial charge in [0.15, 0.2) is 5.78 Å². The molecule has 2 heteroatoms. The van der Waals surface area contributed by atoms with Crippen molar-refractivity contribution in [1.29, 1.82) is 0 Å². The van der Waals surface area contributed by atoms with Gasteiger partial charge in [-0.15, -0.1) is 0 Å². The summed E-state index contributed by atoms with van der Waals surface area (Å²) in [5.41, 5.74) is 0. The zero-order valence-corrected chi connectivity index (χ0v) is 5.57. The second kappa shape index (κ2) is 4.65. The fraction of sp³-hybridized carbons (Fsp3) is 0.333. The summed E-state index contributed by atoms with van der Waals surface area (Å²) in [4.78, 5) is 10.2. The van der Waals surface area contributed by atoms with Crippen LogP contribution in [0.1, 0.15) is 13.3 Å². The van der Waals surface area contributed by atoms with E-state index in [2.05, 4.69) is 12.2 Å². The summed E-state index contributed by atoms with van der Waals surface area (Å²) in [6.45, 7) is 1.51. The summed E-state index contributed by atoms with van der Waals surface area (Å²) in [7, 11) is 0. The van der Waals surface area contributed by atoms with E-state index in [4.69, 9.17) is 0 Å². The Bertz CT molecular complexity index is 116. The molecule has 0 heterocycles. The van der Waals surface area contributed by atoms with E-state index in [0.717, 1.165) is 0 Å². The Labute approximate surface area is 54.4 Å². The van der Waals surface area contributed by atoms with Crippen molar-refractivity contribution < 1.29 is 4.79 Å². The molecule has 0 N–H and O–H groups in total. The van der Waals surface area contributed by atoms with Gasteiger partial charge in [-0.25, -0.2) is 0 Å². The van der Waals surface area contributed by atoms with Gasteiger partial charge in [0, 0.05) is 0 Å². The third kappa shape index (κ3) is 5.50. The Kier molecular flexibility index (Phi) is 4.36. The van der Waals surface area contributed by atoms with Gasteiger partial charge < -0.3 is 0 Å². The van der Waals surface area contributed by atoms with E-state index in [9.17, 15) is 4.79 Å². The highest BCUT2D eigenvalue weighted by Gasteiger charge is 1.77. The van der Waals surface area contributed by atoms with Gasteiger partial charge in [0.25, 0.3) is 0 Å². The lowest BCUT2D eigenvalue weighted by molar-refractivity contribution is -0.112. The molecule has 0 fully saturated rings. The zero-order valence-electron chi connectivity index (χ0n) is 4.76. The SMILES string of the molecule is CC(=O)C=CCC=S. The van der Waals surface area contributed by atoms with Gasteiger partial charge in [-0.2, -0.15) is 0 Å². The highest BCUT2D eigenvalue weighted by atomic mass is 32.1. The van der Waals surface area contributed by atoms with Crippen LogP contribution in [0.25, 0.3) is 0 Å². The Hall–Kier alpha value is -0.500. The number of allylic oxidation sites excluding steroid dienone is 2. The third-order valence-electron chi connectivity index (χ3n) is 0.585. The third-order valence-corrected chi connectivity index (χ3v) is 0.777. The van der Waals surface area contributed by atoms with Gasteiger partial charge in [0.05, 0.1) is 0 Å². The van der Waals surface area contributed by atoms with Crippen molar-refractivity contribution in [2.24, 2.45) is 0 Å². The molecule has 0 saturated heterocycles. The molecule has 0 atom stereocenters. The van der Waals surface area contributed by atoms with E-state index in [0.29, 0.717) is 6.42 Å². The minimum absolute atomic E-state index is 0.0712. The molecular weight excluding hydrogens is 120 g/mol. The fourth-order valence-corrected chi connectivity index (χ4v) is 0.401. The molecule has 44 valence electrons. The fourth-order valence-electron chi connectivity index (χ4n) is 0.290. The normalized spacial score (nSPS) is 9.62. The van der Waals surface area contributed by atoms with E-state index >= 15 is 0 Å². The van der Waals surface area contributed by atoms with Crippen LogP contribution in [0.15, 0.2) is 12.2 Å².